The maximum atomic E-state index is 10.8. The van der Waals surface area contributed by atoms with E-state index in [0.717, 1.165) is 0 Å². The van der Waals surface area contributed by atoms with Crippen LogP contribution in [0.1, 0.15) is 27.2 Å². The van der Waals surface area contributed by atoms with Crippen LogP contribution in [0.3, 0.4) is 0 Å². The Hall–Kier alpha value is -0.860. The molecular weight excluding hydrogens is 142 g/mol. The molecule has 0 N–H and O–H groups in total. The molecule has 0 heterocycles. The number of carbonyl (C=O) groups is 2. The van der Waals surface area contributed by atoms with E-state index < -0.39 is 0 Å². The molecule has 0 aliphatic heterocycles. The van der Waals surface area contributed by atoms with Gasteiger partial charge < -0.3 is 4.90 Å². The molecule has 0 radical (unpaired) electrons. The summed E-state index contributed by atoms with van der Waals surface area (Å²) in [6, 6.07) is 0.0185. The van der Waals surface area contributed by atoms with Crippen molar-refractivity contribution in [3.63, 3.8) is 0 Å². The Kier molecular flexibility index (Phi) is 3.79. The number of amides is 1. The number of hydrogen-bond donors (Lipinski definition) is 0. The van der Waals surface area contributed by atoms with Gasteiger partial charge in [-0.25, -0.2) is 0 Å². The van der Waals surface area contributed by atoms with Crippen LogP contribution >= 0.6 is 0 Å². The number of Topliss-reactive ketones (excluding diaryl/α,β-unsaturated/α-hetero) is 1. The molecule has 3 nitrogen and oxygen atoms in total. The van der Waals surface area contributed by atoms with E-state index in [1.165, 1.54) is 13.8 Å². The maximum absolute atomic E-state index is 10.8. The zero-order valence-corrected chi connectivity index (χ0v) is 7.55. The van der Waals surface area contributed by atoms with Crippen LogP contribution < -0.4 is 0 Å². The number of nitrogens with zero attached hydrogens (tertiary/aromatic N) is 1. The van der Waals surface area contributed by atoms with Crippen molar-refractivity contribution in [1.29, 1.82) is 0 Å². The summed E-state index contributed by atoms with van der Waals surface area (Å²) in [5.74, 6) is 0.115. The average Bonchev–Trinajstić information content (AvgIpc) is 1.84. The van der Waals surface area contributed by atoms with Gasteiger partial charge >= 0.3 is 0 Å². The highest BCUT2D eigenvalue weighted by Crippen LogP contribution is 2.01. The highest BCUT2D eigenvalue weighted by atomic mass is 16.2. The van der Waals surface area contributed by atoms with Crippen LogP contribution in [0, 0.1) is 0 Å². The van der Waals surface area contributed by atoms with E-state index >= 15 is 0 Å². The van der Waals surface area contributed by atoms with Gasteiger partial charge in [0.1, 0.15) is 5.78 Å². The van der Waals surface area contributed by atoms with E-state index in [-0.39, 0.29) is 17.7 Å². The van der Waals surface area contributed by atoms with Crippen LogP contribution in [0.15, 0.2) is 0 Å². The van der Waals surface area contributed by atoms with E-state index in [2.05, 4.69) is 0 Å². The minimum atomic E-state index is -0.00116. The predicted molar refractivity (Wildman–Crippen MR) is 43.2 cm³/mol. The first kappa shape index (κ1) is 10.1. The minimum absolute atomic E-state index is 0.00116. The van der Waals surface area contributed by atoms with Gasteiger partial charge in [-0.05, 0) is 13.8 Å². The molecular formula is C8H15NO2. The van der Waals surface area contributed by atoms with Gasteiger partial charge in [0.25, 0.3) is 0 Å². The molecule has 0 aromatic carbocycles. The van der Waals surface area contributed by atoms with E-state index in [1.807, 2.05) is 6.92 Å². The molecule has 0 rings (SSSR count). The smallest absolute Gasteiger partial charge is 0.219 e. The van der Waals surface area contributed by atoms with Crippen LogP contribution in [-0.2, 0) is 9.59 Å². The van der Waals surface area contributed by atoms with E-state index in [0.29, 0.717) is 6.42 Å². The van der Waals surface area contributed by atoms with Gasteiger partial charge in [-0.1, -0.05) is 0 Å². The first-order valence-corrected chi connectivity index (χ1v) is 3.68. The highest BCUT2D eigenvalue weighted by molar-refractivity contribution is 5.78. The normalized spacial score (nSPS) is 12.4. The quantitative estimate of drug-likeness (QED) is 0.608. The number of rotatable bonds is 3. The summed E-state index contributed by atoms with van der Waals surface area (Å²) in [5, 5.41) is 0. The lowest BCUT2D eigenvalue weighted by Gasteiger charge is -2.22. The van der Waals surface area contributed by atoms with Crippen molar-refractivity contribution in [2.24, 2.45) is 0 Å². The Bertz CT molecular complexity index is 165. The molecule has 0 fully saturated rings. The fourth-order valence-corrected chi connectivity index (χ4v) is 0.863. The van der Waals surface area contributed by atoms with Crippen LogP contribution in [0.2, 0.25) is 0 Å². The molecule has 0 aliphatic rings. The molecule has 1 amide bonds. The Labute approximate surface area is 67.4 Å². The van der Waals surface area contributed by atoms with Gasteiger partial charge in [0.15, 0.2) is 0 Å². The summed E-state index contributed by atoms with van der Waals surface area (Å²) < 4.78 is 0. The molecule has 0 spiro atoms. The monoisotopic (exact) mass is 157 g/mol. The zero-order valence-electron chi connectivity index (χ0n) is 7.55. The second kappa shape index (κ2) is 4.11. The lowest BCUT2D eigenvalue weighted by Crippen LogP contribution is -2.34. The Morgan fingerprint density at radius 1 is 1.36 bits per heavy atom. The second-order valence-corrected chi connectivity index (χ2v) is 2.89. The lowest BCUT2D eigenvalue weighted by atomic mass is 10.1. The molecule has 64 valence electrons. The van der Waals surface area contributed by atoms with Gasteiger partial charge in [0.2, 0.25) is 5.91 Å². The number of hydrogen-bond acceptors (Lipinski definition) is 2. The molecule has 0 aliphatic carbocycles. The minimum Gasteiger partial charge on any atom is -0.343 e. The number of ketones is 1. The standard InChI is InChI=1S/C8H15NO2/c1-6(5-7(2)10)9(4)8(3)11/h6H,5H2,1-4H3/t6-/m1/s1. The zero-order chi connectivity index (χ0) is 9.02. The molecule has 11 heavy (non-hydrogen) atoms. The lowest BCUT2D eigenvalue weighted by molar-refractivity contribution is -0.130. The SMILES string of the molecule is CC(=O)C[C@@H](C)N(C)C(C)=O. The fourth-order valence-electron chi connectivity index (χ4n) is 0.863. The summed E-state index contributed by atoms with van der Waals surface area (Å²) >= 11 is 0. The molecule has 3 heteroatoms. The third-order valence-corrected chi connectivity index (χ3v) is 1.74. The van der Waals surface area contributed by atoms with E-state index in [4.69, 9.17) is 0 Å². The largest absolute Gasteiger partial charge is 0.343 e. The van der Waals surface area contributed by atoms with Crippen LogP contribution in [0.4, 0.5) is 0 Å². The van der Waals surface area contributed by atoms with Gasteiger partial charge in [-0.15, -0.1) is 0 Å². The maximum Gasteiger partial charge on any atom is 0.219 e. The van der Waals surface area contributed by atoms with Crippen LogP contribution in [-0.4, -0.2) is 29.7 Å². The predicted octanol–water partition coefficient (Wildman–Crippen LogP) is 0.832. The molecule has 0 saturated carbocycles. The van der Waals surface area contributed by atoms with Gasteiger partial charge in [0, 0.05) is 26.4 Å². The molecule has 0 unspecified atom stereocenters. The van der Waals surface area contributed by atoms with Crippen molar-refractivity contribution in [2.75, 3.05) is 7.05 Å². The highest BCUT2D eigenvalue weighted by Gasteiger charge is 2.12. The number of carbonyl (C=O) groups excluding carboxylic acids is 2. The Morgan fingerprint density at radius 2 is 1.82 bits per heavy atom. The summed E-state index contributed by atoms with van der Waals surface area (Å²) in [6.45, 7) is 4.89. The van der Waals surface area contributed by atoms with Crippen LogP contribution in [0.25, 0.3) is 0 Å². The second-order valence-electron chi connectivity index (χ2n) is 2.89. The van der Waals surface area contributed by atoms with Crippen molar-refractivity contribution < 1.29 is 9.59 Å². The summed E-state index contributed by atoms with van der Waals surface area (Å²) in [7, 11) is 1.70. The van der Waals surface area contributed by atoms with Crippen molar-refractivity contribution in [2.45, 2.75) is 33.2 Å². The van der Waals surface area contributed by atoms with Gasteiger partial charge in [-0.3, -0.25) is 9.59 Å². The Morgan fingerprint density at radius 3 is 2.09 bits per heavy atom. The van der Waals surface area contributed by atoms with Crippen molar-refractivity contribution in [3.05, 3.63) is 0 Å². The van der Waals surface area contributed by atoms with Gasteiger partial charge in [-0.2, -0.15) is 0 Å². The topological polar surface area (TPSA) is 37.4 Å². The summed E-state index contributed by atoms with van der Waals surface area (Å²) in [5.41, 5.74) is 0. The summed E-state index contributed by atoms with van der Waals surface area (Å²) in [6.07, 6.45) is 0.441. The summed E-state index contributed by atoms with van der Waals surface area (Å²) in [4.78, 5) is 23.0. The fraction of sp³-hybridized carbons (Fsp3) is 0.750. The third-order valence-electron chi connectivity index (χ3n) is 1.74. The first-order chi connectivity index (χ1) is 4.95. The molecule has 1 atom stereocenters. The third kappa shape index (κ3) is 3.75. The van der Waals surface area contributed by atoms with Crippen molar-refractivity contribution in [3.8, 4) is 0 Å². The molecule has 0 aromatic rings. The average molecular weight is 157 g/mol. The van der Waals surface area contributed by atoms with Crippen LogP contribution in [0.5, 0.6) is 0 Å². The van der Waals surface area contributed by atoms with E-state index in [1.54, 1.807) is 11.9 Å². The molecule has 0 bridgehead atoms. The van der Waals surface area contributed by atoms with Crippen molar-refractivity contribution in [1.82, 2.24) is 4.90 Å². The molecule has 0 saturated heterocycles. The van der Waals surface area contributed by atoms with E-state index in [9.17, 15) is 9.59 Å². The molecule has 0 aromatic heterocycles. The Balaban J connectivity index is 3.92. The van der Waals surface area contributed by atoms with Crippen molar-refractivity contribution >= 4 is 11.7 Å². The first-order valence-electron chi connectivity index (χ1n) is 3.68. The van der Waals surface area contributed by atoms with Gasteiger partial charge in [0.05, 0.1) is 0 Å².